The topological polar surface area (TPSA) is 33.5 Å². The number of thioether (sulfide) groups is 2. The van der Waals surface area contributed by atoms with Gasteiger partial charge in [0.05, 0.1) is 10.6 Å². The maximum Gasteiger partial charge on any atom is 0.270 e. The molecule has 1 aromatic heterocycles. The zero-order valence-electron chi connectivity index (χ0n) is 16.3. The Balaban J connectivity index is 1.49. The van der Waals surface area contributed by atoms with Crippen LogP contribution in [-0.4, -0.2) is 10.2 Å². The average molecular weight is 472 g/mol. The first-order valence-corrected chi connectivity index (χ1v) is 11.8. The molecule has 0 N–H and O–H groups in total. The zero-order valence-corrected chi connectivity index (χ0v) is 19.6. The number of thiocarbonyl (C=S) groups is 1. The lowest BCUT2D eigenvalue weighted by molar-refractivity contribution is -0.113. The van der Waals surface area contributed by atoms with E-state index in [2.05, 4.69) is 0 Å². The summed E-state index contributed by atoms with van der Waals surface area (Å²) in [6.07, 6.45) is 1.76. The largest absolute Gasteiger partial charge is 0.450 e. The van der Waals surface area contributed by atoms with Crippen molar-refractivity contribution in [2.75, 3.05) is 4.90 Å². The predicted octanol–water partition coefficient (Wildman–Crippen LogP) is 7.25. The highest BCUT2D eigenvalue weighted by Crippen LogP contribution is 2.38. The third kappa shape index (κ3) is 4.52. The molecule has 2 heterocycles. The lowest BCUT2D eigenvalue weighted by Gasteiger charge is -2.18. The van der Waals surface area contributed by atoms with Crippen LogP contribution in [0.15, 0.2) is 69.0 Å². The normalized spacial score (nSPS) is 15.4. The van der Waals surface area contributed by atoms with Gasteiger partial charge in [0, 0.05) is 16.9 Å². The number of hydrogen-bond donors (Lipinski definition) is 0. The number of amides is 1. The average Bonchev–Trinajstić information content (AvgIpc) is 3.28. The summed E-state index contributed by atoms with van der Waals surface area (Å²) in [6, 6.07) is 17.4. The lowest BCUT2D eigenvalue weighted by Crippen LogP contribution is -2.28. The number of hydrogen-bond acceptors (Lipinski definition) is 5. The number of rotatable bonds is 5. The van der Waals surface area contributed by atoms with E-state index in [9.17, 15) is 4.79 Å². The molecule has 1 saturated heterocycles. The third-order valence-electron chi connectivity index (χ3n) is 4.78. The van der Waals surface area contributed by atoms with Crippen LogP contribution in [0.5, 0.6) is 0 Å². The Bertz CT molecular complexity index is 1150. The van der Waals surface area contributed by atoms with E-state index in [4.69, 9.17) is 28.2 Å². The number of benzene rings is 2. The van der Waals surface area contributed by atoms with E-state index < -0.39 is 0 Å². The number of anilines is 1. The standard InChI is InChI=1S/C23H18ClNO2S3/c1-14-4-3-5-19(15(14)2)25-22(26)20(30-23(25)28)12-18-10-11-21(27-18)29-13-16-6-8-17(24)9-7-16/h3-12H,13H2,1-2H3/b20-12-. The second-order valence-corrected chi connectivity index (χ2v) is 9.90. The Kier molecular flexibility index (Phi) is 6.39. The fourth-order valence-electron chi connectivity index (χ4n) is 3.01. The molecule has 3 aromatic rings. The summed E-state index contributed by atoms with van der Waals surface area (Å²) in [6.45, 7) is 4.03. The summed E-state index contributed by atoms with van der Waals surface area (Å²) in [7, 11) is 0. The number of furan rings is 1. The fraction of sp³-hybridized carbons (Fsp3) is 0.130. The Morgan fingerprint density at radius 3 is 2.67 bits per heavy atom. The van der Waals surface area contributed by atoms with Crippen LogP contribution >= 0.6 is 47.3 Å². The van der Waals surface area contributed by atoms with Crippen molar-refractivity contribution < 1.29 is 9.21 Å². The van der Waals surface area contributed by atoms with Crippen LogP contribution in [0.25, 0.3) is 6.08 Å². The summed E-state index contributed by atoms with van der Waals surface area (Å²) in [5.74, 6) is 1.29. The molecule has 1 amide bonds. The van der Waals surface area contributed by atoms with Crippen molar-refractivity contribution in [1.82, 2.24) is 0 Å². The molecule has 1 aliphatic rings. The van der Waals surface area contributed by atoms with Crippen molar-refractivity contribution in [1.29, 1.82) is 0 Å². The summed E-state index contributed by atoms with van der Waals surface area (Å²) >= 11 is 14.3. The molecule has 4 rings (SSSR count). The maximum atomic E-state index is 13.0. The van der Waals surface area contributed by atoms with Gasteiger partial charge in [0.15, 0.2) is 9.41 Å². The number of halogens is 1. The molecule has 2 aromatic carbocycles. The van der Waals surface area contributed by atoms with E-state index in [1.807, 2.05) is 68.4 Å². The van der Waals surface area contributed by atoms with E-state index in [0.29, 0.717) is 15.0 Å². The Hall–Kier alpha value is -1.99. The van der Waals surface area contributed by atoms with Gasteiger partial charge in [-0.1, -0.05) is 71.6 Å². The monoisotopic (exact) mass is 471 g/mol. The first-order valence-electron chi connectivity index (χ1n) is 9.23. The Labute approximate surface area is 194 Å². The fourth-order valence-corrected chi connectivity index (χ4v) is 5.22. The molecule has 0 saturated carbocycles. The number of carbonyl (C=O) groups excluding carboxylic acids is 1. The van der Waals surface area contributed by atoms with Crippen LogP contribution in [0.1, 0.15) is 22.5 Å². The van der Waals surface area contributed by atoms with Gasteiger partial charge >= 0.3 is 0 Å². The first-order chi connectivity index (χ1) is 14.4. The van der Waals surface area contributed by atoms with Crippen LogP contribution in [0.3, 0.4) is 0 Å². The van der Waals surface area contributed by atoms with Gasteiger partial charge in [0.25, 0.3) is 5.91 Å². The smallest absolute Gasteiger partial charge is 0.270 e. The van der Waals surface area contributed by atoms with Crippen LogP contribution < -0.4 is 4.90 Å². The molecule has 1 aliphatic heterocycles. The first kappa shape index (κ1) is 21.2. The molecule has 0 unspecified atom stereocenters. The predicted molar refractivity (Wildman–Crippen MR) is 131 cm³/mol. The summed E-state index contributed by atoms with van der Waals surface area (Å²) < 4.78 is 6.42. The molecule has 7 heteroatoms. The molecule has 0 aliphatic carbocycles. The van der Waals surface area contributed by atoms with Gasteiger partial charge in [-0.05, 0) is 60.9 Å². The lowest BCUT2D eigenvalue weighted by atomic mass is 10.1. The molecule has 0 radical (unpaired) electrons. The summed E-state index contributed by atoms with van der Waals surface area (Å²) in [5.41, 5.74) is 4.17. The van der Waals surface area contributed by atoms with Crippen LogP contribution in [0.2, 0.25) is 5.02 Å². The molecule has 0 atom stereocenters. The molecule has 0 bridgehead atoms. The van der Waals surface area contributed by atoms with Crippen molar-refractivity contribution in [3.05, 3.63) is 87.0 Å². The van der Waals surface area contributed by atoms with Crippen LogP contribution in [0, 0.1) is 13.8 Å². The van der Waals surface area contributed by atoms with Gasteiger partial charge in [-0.15, -0.1) is 0 Å². The minimum Gasteiger partial charge on any atom is -0.450 e. The summed E-state index contributed by atoms with van der Waals surface area (Å²) in [5, 5.41) is 1.52. The molecule has 1 fully saturated rings. The van der Waals surface area contributed by atoms with Gasteiger partial charge in [-0.3, -0.25) is 9.69 Å². The van der Waals surface area contributed by atoms with Gasteiger partial charge in [0.2, 0.25) is 0 Å². The van der Waals surface area contributed by atoms with Gasteiger partial charge < -0.3 is 4.42 Å². The quantitative estimate of drug-likeness (QED) is 0.222. The molecule has 152 valence electrons. The van der Waals surface area contributed by atoms with Gasteiger partial charge in [-0.2, -0.15) is 0 Å². The molecule has 30 heavy (non-hydrogen) atoms. The summed E-state index contributed by atoms with van der Waals surface area (Å²) in [4.78, 5) is 15.2. The van der Waals surface area contributed by atoms with Crippen molar-refractivity contribution in [2.45, 2.75) is 24.7 Å². The second-order valence-electron chi connectivity index (χ2n) is 6.81. The number of aryl methyl sites for hydroxylation is 1. The van der Waals surface area contributed by atoms with Crippen LogP contribution in [0.4, 0.5) is 5.69 Å². The van der Waals surface area contributed by atoms with Crippen molar-refractivity contribution in [3.63, 3.8) is 0 Å². The highest BCUT2D eigenvalue weighted by atomic mass is 35.5. The third-order valence-corrected chi connectivity index (χ3v) is 7.32. The van der Waals surface area contributed by atoms with Crippen LogP contribution in [-0.2, 0) is 10.5 Å². The highest BCUT2D eigenvalue weighted by Gasteiger charge is 2.34. The highest BCUT2D eigenvalue weighted by molar-refractivity contribution is 8.27. The minimum absolute atomic E-state index is 0.120. The molecule has 3 nitrogen and oxygen atoms in total. The molecule has 0 spiro atoms. The number of nitrogens with zero attached hydrogens (tertiary/aromatic N) is 1. The van der Waals surface area contributed by atoms with Crippen molar-refractivity contribution in [3.8, 4) is 0 Å². The zero-order chi connectivity index (χ0) is 21.3. The van der Waals surface area contributed by atoms with E-state index in [1.54, 1.807) is 22.7 Å². The number of carbonyl (C=O) groups is 1. The maximum absolute atomic E-state index is 13.0. The van der Waals surface area contributed by atoms with Crippen molar-refractivity contribution >= 4 is 69.3 Å². The van der Waals surface area contributed by atoms with E-state index in [-0.39, 0.29) is 5.91 Å². The molecular weight excluding hydrogens is 454 g/mol. The van der Waals surface area contributed by atoms with Crippen molar-refractivity contribution in [2.24, 2.45) is 0 Å². The SMILES string of the molecule is Cc1cccc(N2C(=O)/C(=C/c3ccc(SCc4ccc(Cl)cc4)o3)SC2=S)c1C. The van der Waals surface area contributed by atoms with Gasteiger partial charge in [-0.25, -0.2) is 0 Å². The Morgan fingerprint density at radius 2 is 1.90 bits per heavy atom. The van der Waals surface area contributed by atoms with E-state index in [1.165, 1.54) is 11.8 Å². The Morgan fingerprint density at radius 1 is 1.13 bits per heavy atom. The van der Waals surface area contributed by atoms with Gasteiger partial charge in [0.1, 0.15) is 5.76 Å². The minimum atomic E-state index is -0.120. The molecular formula is C23H18ClNO2S3. The second kappa shape index (κ2) is 9.02. The van der Waals surface area contributed by atoms with E-state index in [0.717, 1.165) is 38.2 Å². The van der Waals surface area contributed by atoms with E-state index >= 15 is 0 Å².